The second-order valence-corrected chi connectivity index (χ2v) is 6.39. The molecule has 0 radical (unpaired) electrons. The number of nitrogens with one attached hydrogen (secondary N) is 1. The molecule has 0 saturated carbocycles. The molecule has 1 amide bonds. The molecule has 0 spiro atoms. The van der Waals surface area contributed by atoms with E-state index in [4.69, 9.17) is 16.7 Å². The smallest absolute Gasteiger partial charge is 0.291 e. The number of carbonyl (C=O) groups is 1. The Bertz CT molecular complexity index is 952. The van der Waals surface area contributed by atoms with Crippen LogP contribution in [0.2, 0.25) is 5.02 Å². The van der Waals surface area contributed by atoms with Crippen molar-refractivity contribution in [1.29, 1.82) is 0 Å². The van der Waals surface area contributed by atoms with Crippen molar-refractivity contribution >= 4 is 17.5 Å². The number of halogens is 1. The summed E-state index contributed by atoms with van der Waals surface area (Å²) in [5.41, 5.74) is 3.68. The monoisotopic (exact) mass is 370 g/mol. The van der Waals surface area contributed by atoms with Gasteiger partial charge in [-0.3, -0.25) is 4.79 Å². The lowest BCUT2D eigenvalue weighted by Gasteiger charge is -2.10. The molecule has 6 nitrogen and oxygen atoms in total. The standard InChI is InChI=1S/C19H19ClN4O2/c1-12-6-7-13(2)16(10-12)24-18(14-4-3-5-15(20)11-14)22-17(23-24)19(26)21-8-9-25/h3-7,10-11,25H,8-9H2,1-2H3,(H,21,26). The molecule has 2 aromatic carbocycles. The summed E-state index contributed by atoms with van der Waals surface area (Å²) < 4.78 is 1.65. The summed E-state index contributed by atoms with van der Waals surface area (Å²) >= 11 is 6.12. The van der Waals surface area contributed by atoms with Crippen LogP contribution in [0.3, 0.4) is 0 Å². The first kappa shape index (κ1) is 18.1. The summed E-state index contributed by atoms with van der Waals surface area (Å²) in [5.74, 6) is 0.121. The summed E-state index contributed by atoms with van der Waals surface area (Å²) in [7, 11) is 0. The molecular formula is C19H19ClN4O2. The molecule has 1 aromatic heterocycles. The lowest BCUT2D eigenvalue weighted by atomic mass is 10.1. The molecule has 0 atom stereocenters. The zero-order chi connectivity index (χ0) is 18.7. The van der Waals surface area contributed by atoms with E-state index in [1.54, 1.807) is 16.8 Å². The van der Waals surface area contributed by atoms with E-state index < -0.39 is 5.91 Å². The Balaban J connectivity index is 2.16. The van der Waals surface area contributed by atoms with E-state index in [1.807, 2.05) is 44.2 Å². The second-order valence-electron chi connectivity index (χ2n) is 5.95. The van der Waals surface area contributed by atoms with Crippen molar-refractivity contribution in [3.05, 3.63) is 64.4 Å². The van der Waals surface area contributed by atoms with Gasteiger partial charge in [-0.2, -0.15) is 0 Å². The molecule has 0 aliphatic carbocycles. The van der Waals surface area contributed by atoms with Crippen LogP contribution in [0.25, 0.3) is 17.1 Å². The fourth-order valence-corrected chi connectivity index (χ4v) is 2.78. The van der Waals surface area contributed by atoms with Crippen molar-refractivity contribution in [2.45, 2.75) is 13.8 Å². The molecule has 3 rings (SSSR count). The van der Waals surface area contributed by atoms with Crippen LogP contribution in [-0.4, -0.2) is 38.9 Å². The number of rotatable bonds is 5. The van der Waals surface area contributed by atoms with Crippen LogP contribution in [0.4, 0.5) is 0 Å². The number of hydrogen-bond donors (Lipinski definition) is 2. The summed E-state index contributed by atoms with van der Waals surface area (Å²) in [5, 5.41) is 16.5. The SMILES string of the molecule is Cc1ccc(C)c(-n2nc(C(=O)NCCO)nc2-c2cccc(Cl)c2)c1. The van der Waals surface area contributed by atoms with Gasteiger partial charge in [0.2, 0.25) is 5.82 Å². The molecule has 0 bridgehead atoms. The third-order valence-corrected chi connectivity index (χ3v) is 4.12. The molecule has 2 N–H and O–H groups in total. The van der Waals surface area contributed by atoms with Crippen LogP contribution >= 0.6 is 11.6 Å². The Hall–Kier alpha value is -2.70. The maximum atomic E-state index is 12.3. The average molecular weight is 371 g/mol. The van der Waals surface area contributed by atoms with Gasteiger partial charge in [-0.1, -0.05) is 35.9 Å². The van der Waals surface area contributed by atoms with Crippen LogP contribution in [0.1, 0.15) is 21.7 Å². The molecule has 26 heavy (non-hydrogen) atoms. The third kappa shape index (κ3) is 3.76. The van der Waals surface area contributed by atoms with E-state index in [0.29, 0.717) is 10.8 Å². The second kappa shape index (κ2) is 7.68. The highest BCUT2D eigenvalue weighted by molar-refractivity contribution is 6.30. The fourth-order valence-electron chi connectivity index (χ4n) is 2.59. The van der Waals surface area contributed by atoms with Gasteiger partial charge in [0.25, 0.3) is 5.91 Å². The van der Waals surface area contributed by atoms with E-state index in [1.165, 1.54) is 0 Å². The normalized spacial score (nSPS) is 10.8. The maximum absolute atomic E-state index is 12.3. The third-order valence-electron chi connectivity index (χ3n) is 3.88. The Morgan fingerprint density at radius 2 is 2.04 bits per heavy atom. The van der Waals surface area contributed by atoms with E-state index >= 15 is 0 Å². The first-order valence-corrected chi connectivity index (χ1v) is 8.57. The zero-order valence-corrected chi connectivity index (χ0v) is 15.3. The van der Waals surface area contributed by atoms with Gasteiger partial charge in [-0.15, -0.1) is 5.10 Å². The van der Waals surface area contributed by atoms with Gasteiger partial charge in [-0.25, -0.2) is 9.67 Å². The molecule has 0 saturated heterocycles. The van der Waals surface area contributed by atoms with Crippen molar-refractivity contribution in [2.75, 3.05) is 13.2 Å². The molecule has 1 heterocycles. The van der Waals surface area contributed by atoms with Gasteiger partial charge in [-0.05, 0) is 43.2 Å². The average Bonchev–Trinajstić information content (AvgIpc) is 3.07. The molecule has 7 heteroatoms. The van der Waals surface area contributed by atoms with Crippen molar-refractivity contribution in [3.8, 4) is 17.1 Å². The largest absolute Gasteiger partial charge is 0.395 e. The number of amides is 1. The number of aryl methyl sites for hydroxylation is 2. The van der Waals surface area contributed by atoms with Gasteiger partial charge in [0.05, 0.1) is 12.3 Å². The van der Waals surface area contributed by atoms with Crippen LogP contribution < -0.4 is 5.32 Å². The Morgan fingerprint density at radius 1 is 1.23 bits per heavy atom. The number of aliphatic hydroxyl groups is 1. The minimum Gasteiger partial charge on any atom is -0.395 e. The molecular weight excluding hydrogens is 352 g/mol. The minimum atomic E-state index is -0.439. The molecule has 134 valence electrons. The number of aromatic nitrogens is 3. The first-order chi connectivity index (χ1) is 12.5. The summed E-state index contributed by atoms with van der Waals surface area (Å²) in [6.07, 6.45) is 0. The summed E-state index contributed by atoms with van der Waals surface area (Å²) in [6, 6.07) is 13.3. The molecule has 3 aromatic rings. The first-order valence-electron chi connectivity index (χ1n) is 8.19. The van der Waals surface area contributed by atoms with Crippen molar-refractivity contribution in [1.82, 2.24) is 20.1 Å². The number of nitrogens with zero attached hydrogens (tertiary/aromatic N) is 3. The number of benzene rings is 2. The Morgan fingerprint density at radius 3 is 2.77 bits per heavy atom. The molecule has 0 aliphatic rings. The van der Waals surface area contributed by atoms with E-state index in [-0.39, 0.29) is 19.0 Å². The Labute approximate surface area is 156 Å². The van der Waals surface area contributed by atoms with Gasteiger partial charge in [0.15, 0.2) is 5.82 Å². The number of hydrogen-bond acceptors (Lipinski definition) is 4. The number of carbonyl (C=O) groups excluding carboxylic acids is 1. The lowest BCUT2D eigenvalue weighted by molar-refractivity contribution is 0.0934. The molecule has 0 unspecified atom stereocenters. The van der Waals surface area contributed by atoms with Crippen molar-refractivity contribution < 1.29 is 9.90 Å². The number of aliphatic hydroxyl groups excluding tert-OH is 1. The van der Waals surface area contributed by atoms with Crippen LogP contribution in [0, 0.1) is 13.8 Å². The highest BCUT2D eigenvalue weighted by atomic mass is 35.5. The highest BCUT2D eigenvalue weighted by Gasteiger charge is 2.19. The van der Waals surface area contributed by atoms with Crippen molar-refractivity contribution in [3.63, 3.8) is 0 Å². The molecule has 0 fully saturated rings. The fraction of sp³-hybridized carbons (Fsp3) is 0.211. The van der Waals surface area contributed by atoms with Crippen LogP contribution in [-0.2, 0) is 0 Å². The quantitative estimate of drug-likeness (QED) is 0.723. The van der Waals surface area contributed by atoms with Gasteiger partial charge in [0, 0.05) is 17.1 Å². The minimum absolute atomic E-state index is 0.0364. The highest BCUT2D eigenvalue weighted by Crippen LogP contribution is 2.26. The molecule has 0 aliphatic heterocycles. The maximum Gasteiger partial charge on any atom is 0.291 e. The van der Waals surface area contributed by atoms with Crippen LogP contribution in [0.15, 0.2) is 42.5 Å². The lowest BCUT2D eigenvalue weighted by Crippen LogP contribution is -2.27. The topological polar surface area (TPSA) is 80.0 Å². The van der Waals surface area contributed by atoms with Crippen LogP contribution in [0.5, 0.6) is 0 Å². The van der Waals surface area contributed by atoms with E-state index in [2.05, 4.69) is 15.4 Å². The van der Waals surface area contributed by atoms with Crippen molar-refractivity contribution in [2.24, 2.45) is 0 Å². The van der Waals surface area contributed by atoms with Gasteiger partial charge < -0.3 is 10.4 Å². The summed E-state index contributed by atoms with van der Waals surface area (Å²) in [4.78, 5) is 16.7. The zero-order valence-electron chi connectivity index (χ0n) is 14.5. The van der Waals surface area contributed by atoms with Gasteiger partial charge >= 0.3 is 0 Å². The predicted molar refractivity (Wildman–Crippen MR) is 101 cm³/mol. The van der Waals surface area contributed by atoms with E-state index in [9.17, 15) is 4.79 Å². The Kier molecular flexibility index (Phi) is 5.35. The summed E-state index contributed by atoms with van der Waals surface area (Å²) in [6.45, 7) is 3.96. The predicted octanol–water partition coefficient (Wildman–Crippen LogP) is 2.93. The van der Waals surface area contributed by atoms with E-state index in [0.717, 1.165) is 22.4 Å². The van der Waals surface area contributed by atoms with Gasteiger partial charge in [0.1, 0.15) is 0 Å².